The van der Waals surface area contributed by atoms with E-state index in [1.165, 1.54) is 0 Å². The van der Waals surface area contributed by atoms with Crippen molar-refractivity contribution in [2.24, 2.45) is 17.8 Å². The van der Waals surface area contributed by atoms with E-state index in [0.29, 0.717) is 18.5 Å². The standard InChI is InChI=1S/C17H30N2O2/c1-4-8-18-13(5-2)7-6-9-19-16(20)14-10-12(3)11-15(14)17(19)21/h12-15,18H,4-11H2,1-3H3. The Kier molecular flexibility index (Phi) is 5.80. The second kappa shape index (κ2) is 7.39. The van der Waals surface area contributed by atoms with E-state index in [1.807, 2.05) is 0 Å². The van der Waals surface area contributed by atoms with Gasteiger partial charge < -0.3 is 5.32 Å². The molecular weight excluding hydrogens is 264 g/mol. The number of nitrogens with one attached hydrogen (secondary N) is 1. The number of hydrogen-bond acceptors (Lipinski definition) is 3. The molecule has 3 atom stereocenters. The summed E-state index contributed by atoms with van der Waals surface area (Å²) in [5, 5.41) is 3.52. The van der Waals surface area contributed by atoms with Gasteiger partial charge in [0.1, 0.15) is 0 Å². The Morgan fingerprint density at radius 3 is 2.33 bits per heavy atom. The van der Waals surface area contributed by atoms with E-state index >= 15 is 0 Å². The predicted octanol–water partition coefficient (Wildman–Crippen LogP) is 2.58. The molecule has 0 radical (unpaired) electrons. The quantitative estimate of drug-likeness (QED) is 0.700. The van der Waals surface area contributed by atoms with Crippen LogP contribution in [0, 0.1) is 17.8 Å². The molecule has 1 N–H and O–H groups in total. The molecule has 4 heteroatoms. The molecule has 2 fully saturated rings. The van der Waals surface area contributed by atoms with Gasteiger partial charge in [0.15, 0.2) is 0 Å². The molecule has 3 unspecified atom stereocenters. The van der Waals surface area contributed by atoms with Crippen molar-refractivity contribution in [3.05, 3.63) is 0 Å². The lowest BCUT2D eigenvalue weighted by Crippen LogP contribution is -2.35. The number of likely N-dealkylation sites (tertiary alicyclic amines) is 1. The lowest BCUT2D eigenvalue weighted by molar-refractivity contribution is -0.140. The van der Waals surface area contributed by atoms with E-state index in [9.17, 15) is 9.59 Å². The Morgan fingerprint density at radius 2 is 1.81 bits per heavy atom. The topological polar surface area (TPSA) is 49.4 Å². The van der Waals surface area contributed by atoms with E-state index in [1.54, 1.807) is 4.90 Å². The summed E-state index contributed by atoms with van der Waals surface area (Å²) in [7, 11) is 0. The average Bonchev–Trinajstić information content (AvgIpc) is 2.95. The van der Waals surface area contributed by atoms with E-state index in [4.69, 9.17) is 0 Å². The van der Waals surface area contributed by atoms with Crippen LogP contribution in [0.5, 0.6) is 0 Å². The summed E-state index contributed by atoms with van der Waals surface area (Å²) in [5.74, 6) is 0.714. The minimum atomic E-state index is -0.00677. The molecule has 0 bridgehead atoms. The van der Waals surface area contributed by atoms with Crippen LogP contribution in [0.15, 0.2) is 0 Å². The van der Waals surface area contributed by atoms with Crippen molar-refractivity contribution in [2.75, 3.05) is 13.1 Å². The number of nitrogens with zero attached hydrogens (tertiary/aromatic N) is 1. The summed E-state index contributed by atoms with van der Waals surface area (Å²) in [4.78, 5) is 26.2. The van der Waals surface area contributed by atoms with Crippen molar-refractivity contribution in [1.29, 1.82) is 0 Å². The molecule has 2 aliphatic rings. The third-order valence-corrected chi connectivity index (χ3v) is 5.07. The van der Waals surface area contributed by atoms with Crippen LogP contribution in [0.4, 0.5) is 0 Å². The Labute approximate surface area is 128 Å². The summed E-state index contributed by atoms with van der Waals surface area (Å²) in [6.45, 7) is 8.16. The molecule has 4 nitrogen and oxygen atoms in total. The number of hydrogen-bond donors (Lipinski definition) is 1. The zero-order valence-electron chi connectivity index (χ0n) is 13.7. The molecule has 0 aromatic heterocycles. The summed E-state index contributed by atoms with van der Waals surface area (Å²) in [5.41, 5.74) is 0. The van der Waals surface area contributed by atoms with E-state index in [-0.39, 0.29) is 23.7 Å². The first-order valence-corrected chi connectivity index (χ1v) is 8.67. The molecule has 1 aliphatic heterocycles. The van der Waals surface area contributed by atoms with Gasteiger partial charge >= 0.3 is 0 Å². The third-order valence-electron chi connectivity index (χ3n) is 5.07. The van der Waals surface area contributed by atoms with Crippen molar-refractivity contribution >= 4 is 11.8 Å². The van der Waals surface area contributed by atoms with Gasteiger partial charge in [0.25, 0.3) is 0 Å². The molecule has 120 valence electrons. The van der Waals surface area contributed by atoms with Crippen molar-refractivity contribution in [2.45, 2.75) is 65.3 Å². The second-order valence-corrected chi connectivity index (χ2v) is 6.82. The van der Waals surface area contributed by atoms with Gasteiger partial charge in [-0.15, -0.1) is 0 Å². The summed E-state index contributed by atoms with van der Waals surface area (Å²) in [6.07, 6.45) is 6.01. The van der Waals surface area contributed by atoms with E-state index in [2.05, 4.69) is 26.1 Å². The zero-order valence-corrected chi connectivity index (χ0v) is 13.7. The normalized spacial score (nSPS) is 30.0. The zero-order chi connectivity index (χ0) is 15.4. The molecule has 0 aromatic rings. The molecule has 1 saturated carbocycles. The maximum absolute atomic E-state index is 12.3. The monoisotopic (exact) mass is 294 g/mol. The van der Waals surface area contributed by atoms with Crippen molar-refractivity contribution in [1.82, 2.24) is 10.2 Å². The van der Waals surface area contributed by atoms with Crippen molar-refractivity contribution in [3.8, 4) is 0 Å². The molecule has 1 saturated heterocycles. The number of carbonyl (C=O) groups is 2. The predicted molar refractivity (Wildman–Crippen MR) is 83.7 cm³/mol. The smallest absolute Gasteiger partial charge is 0.233 e. The maximum Gasteiger partial charge on any atom is 0.233 e. The first kappa shape index (κ1) is 16.5. The Morgan fingerprint density at radius 1 is 1.19 bits per heavy atom. The van der Waals surface area contributed by atoms with Crippen LogP contribution >= 0.6 is 0 Å². The lowest BCUT2D eigenvalue weighted by Gasteiger charge is -2.20. The van der Waals surface area contributed by atoms with Gasteiger partial charge in [-0.05, 0) is 51.0 Å². The van der Waals surface area contributed by atoms with Crippen LogP contribution in [0.2, 0.25) is 0 Å². The Balaban J connectivity index is 1.79. The molecule has 0 spiro atoms. The molecular formula is C17H30N2O2. The van der Waals surface area contributed by atoms with E-state index < -0.39 is 0 Å². The number of rotatable bonds is 8. The summed E-state index contributed by atoms with van der Waals surface area (Å²) < 4.78 is 0. The lowest BCUT2D eigenvalue weighted by atomic mass is 10.00. The van der Waals surface area contributed by atoms with Gasteiger partial charge in [0.05, 0.1) is 11.8 Å². The number of fused-ring (bicyclic) bond motifs is 1. The van der Waals surface area contributed by atoms with Gasteiger partial charge in [-0.3, -0.25) is 14.5 Å². The van der Waals surface area contributed by atoms with Crippen LogP contribution in [-0.2, 0) is 9.59 Å². The Bertz CT molecular complexity index is 359. The molecule has 1 aliphatic carbocycles. The van der Waals surface area contributed by atoms with Gasteiger partial charge in [0, 0.05) is 12.6 Å². The van der Waals surface area contributed by atoms with Crippen molar-refractivity contribution in [3.63, 3.8) is 0 Å². The van der Waals surface area contributed by atoms with Crippen LogP contribution < -0.4 is 5.32 Å². The minimum Gasteiger partial charge on any atom is -0.314 e. The average molecular weight is 294 g/mol. The highest BCUT2D eigenvalue weighted by Gasteiger charge is 2.51. The molecule has 2 amide bonds. The number of carbonyl (C=O) groups excluding carboxylic acids is 2. The highest BCUT2D eigenvalue weighted by atomic mass is 16.2. The van der Waals surface area contributed by atoms with Gasteiger partial charge in [0.2, 0.25) is 11.8 Å². The molecule has 2 rings (SSSR count). The fourth-order valence-corrected chi connectivity index (χ4v) is 3.86. The third kappa shape index (κ3) is 3.65. The van der Waals surface area contributed by atoms with Crippen LogP contribution in [0.1, 0.15) is 59.3 Å². The van der Waals surface area contributed by atoms with Crippen LogP contribution in [0.3, 0.4) is 0 Å². The Hall–Kier alpha value is -0.900. The van der Waals surface area contributed by atoms with Crippen LogP contribution in [0.25, 0.3) is 0 Å². The largest absolute Gasteiger partial charge is 0.314 e. The highest BCUT2D eigenvalue weighted by molar-refractivity contribution is 6.05. The van der Waals surface area contributed by atoms with Crippen LogP contribution in [-0.4, -0.2) is 35.8 Å². The second-order valence-electron chi connectivity index (χ2n) is 6.82. The maximum atomic E-state index is 12.3. The fraction of sp³-hybridized carbons (Fsp3) is 0.882. The van der Waals surface area contributed by atoms with Gasteiger partial charge in [-0.1, -0.05) is 20.8 Å². The highest BCUT2D eigenvalue weighted by Crippen LogP contribution is 2.42. The first-order chi connectivity index (χ1) is 10.1. The minimum absolute atomic E-state index is 0.00677. The summed E-state index contributed by atoms with van der Waals surface area (Å²) >= 11 is 0. The van der Waals surface area contributed by atoms with Gasteiger partial charge in [-0.2, -0.15) is 0 Å². The van der Waals surface area contributed by atoms with E-state index in [0.717, 1.165) is 45.1 Å². The molecule has 0 aromatic carbocycles. The fourth-order valence-electron chi connectivity index (χ4n) is 3.86. The van der Waals surface area contributed by atoms with Crippen molar-refractivity contribution < 1.29 is 9.59 Å². The number of amides is 2. The molecule has 21 heavy (non-hydrogen) atoms. The van der Waals surface area contributed by atoms with Gasteiger partial charge in [-0.25, -0.2) is 0 Å². The first-order valence-electron chi connectivity index (χ1n) is 8.67. The summed E-state index contributed by atoms with van der Waals surface area (Å²) in [6, 6.07) is 0.511. The SMILES string of the molecule is CCCNC(CC)CCCN1C(=O)C2CC(C)CC2C1=O. The molecule has 1 heterocycles. The number of imide groups is 1.